The molecule has 82 valence electrons. The number of cyclic esters (lactones) is 1. The molecule has 1 aromatic carbocycles. The van der Waals surface area contributed by atoms with E-state index >= 15 is 0 Å². The lowest BCUT2D eigenvalue weighted by atomic mass is 10.3. The number of oxime groups is 1. The summed E-state index contributed by atoms with van der Waals surface area (Å²) in [6.45, 7) is 0.0120. The zero-order valence-electron chi connectivity index (χ0n) is 8.25. The predicted molar refractivity (Wildman–Crippen MR) is 57.7 cm³/mol. The molecule has 1 aromatic rings. The van der Waals surface area contributed by atoms with Crippen LogP contribution >= 0.6 is 0 Å². The Morgan fingerprint density at radius 2 is 2.06 bits per heavy atom. The maximum absolute atomic E-state index is 11.0. The zero-order valence-corrected chi connectivity index (χ0v) is 8.25. The van der Waals surface area contributed by atoms with Gasteiger partial charge >= 0.3 is 5.97 Å². The van der Waals surface area contributed by atoms with Crippen LogP contribution in [0.3, 0.4) is 0 Å². The van der Waals surface area contributed by atoms with Crippen LogP contribution in [0, 0.1) is 0 Å². The van der Waals surface area contributed by atoms with Crippen LogP contribution < -0.4 is 5.43 Å². The summed E-state index contributed by atoms with van der Waals surface area (Å²) in [4.78, 5) is 11.0. The molecule has 1 fully saturated rings. The van der Waals surface area contributed by atoms with Gasteiger partial charge in [0, 0.05) is 0 Å². The molecular formula is C10H9N3O3. The van der Waals surface area contributed by atoms with Crippen LogP contribution in [0.4, 0.5) is 5.69 Å². The van der Waals surface area contributed by atoms with Crippen LogP contribution in [-0.2, 0) is 9.53 Å². The second-order valence-electron chi connectivity index (χ2n) is 3.06. The van der Waals surface area contributed by atoms with E-state index in [2.05, 4.69) is 20.4 Å². The van der Waals surface area contributed by atoms with E-state index in [1.54, 1.807) is 0 Å². The highest BCUT2D eigenvalue weighted by Gasteiger charge is 2.29. The van der Waals surface area contributed by atoms with Gasteiger partial charge in [0.2, 0.25) is 5.71 Å². The third-order valence-electron chi connectivity index (χ3n) is 2.00. The number of rotatable bonds is 2. The Morgan fingerprint density at radius 1 is 1.31 bits per heavy atom. The number of para-hydroxylation sites is 1. The lowest BCUT2D eigenvalue weighted by Crippen LogP contribution is -2.16. The minimum atomic E-state index is -0.670. The van der Waals surface area contributed by atoms with Gasteiger partial charge in [0.25, 0.3) is 0 Å². The number of esters is 1. The fourth-order valence-corrected chi connectivity index (χ4v) is 1.22. The van der Waals surface area contributed by atoms with E-state index < -0.39 is 5.97 Å². The van der Waals surface area contributed by atoms with E-state index in [0.29, 0.717) is 0 Å². The van der Waals surface area contributed by atoms with Gasteiger partial charge in [-0.2, -0.15) is 5.10 Å². The van der Waals surface area contributed by atoms with E-state index in [4.69, 9.17) is 5.21 Å². The molecule has 2 N–H and O–H groups in total. The first-order chi connectivity index (χ1) is 7.81. The second kappa shape index (κ2) is 4.43. The van der Waals surface area contributed by atoms with E-state index in [1.165, 1.54) is 0 Å². The maximum atomic E-state index is 11.0. The Kier molecular flexibility index (Phi) is 2.81. The first-order valence-corrected chi connectivity index (χ1v) is 4.58. The first kappa shape index (κ1) is 10.2. The third kappa shape index (κ3) is 2.00. The molecule has 1 aliphatic heterocycles. The van der Waals surface area contributed by atoms with Gasteiger partial charge in [-0.05, 0) is 12.1 Å². The fourth-order valence-electron chi connectivity index (χ4n) is 1.22. The summed E-state index contributed by atoms with van der Waals surface area (Å²) in [7, 11) is 0. The summed E-state index contributed by atoms with van der Waals surface area (Å²) in [5.74, 6) is -0.670. The zero-order chi connectivity index (χ0) is 11.4. The van der Waals surface area contributed by atoms with Gasteiger partial charge in [-0.1, -0.05) is 23.4 Å². The van der Waals surface area contributed by atoms with Crippen molar-refractivity contribution in [2.45, 2.75) is 0 Å². The number of ether oxygens (including phenoxy) is 1. The van der Waals surface area contributed by atoms with Crippen LogP contribution in [0.5, 0.6) is 0 Å². The van der Waals surface area contributed by atoms with Gasteiger partial charge in [-0.3, -0.25) is 5.43 Å². The molecule has 6 nitrogen and oxygen atoms in total. The Morgan fingerprint density at radius 3 is 2.75 bits per heavy atom. The van der Waals surface area contributed by atoms with E-state index in [0.717, 1.165) is 5.69 Å². The van der Waals surface area contributed by atoms with Crippen molar-refractivity contribution < 1.29 is 14.7 Å². The molecule has 16 heavy (non-hydrogen) atoms. The molecule has 0 spiro atoms. The summed E-state index contributed by atoms with van der Waals surface area (Å²) >= 11 is 0. The molecular weight excluding hydrogens is 210 g/mol. The van der Waals surface area contributed by atoms with Gasteiger partial charge in [-0.15, -0.1) is 0 Å². The van der Waals surface area contributed by atoms with Gasteiger partial charge < -0.3 is 9.94 Å². The number of nitrogens with zero attached hydrogens (tertiary/aromatic N) is 2. The highest BCUT2D eigenvalue weighted by Crippen LogP contribution is 2.06. The smallest absolute Gasteiger partial charge is 0.362 e. The average molecular weight is 219 g/mol. The summed E-state index contributed by atoms with van der Waals surface area (Å²) in [6, 6.07) is 9.20. The number of carbonyl (C=O) groups excluding carboxylic acids is 1. The minimum absolute atomic E-state index is 0.0120. The molecule has 0 aliphatic carbocycles. The first-order valence-electron chi connectivity index (χ1n) is 4.58. The highest BCUT2D eigenvalue weighted by molar-refractivity contribution is 6.68. The molecule has 0 unspecified atom stereocenters. The maximum Gasteiger partial charge on any atom is 0.362 e. The number of carbonyl (C=O) groups is 1. The van der Waals surface area contributed by atoms with Crippen LogP contribution in [-0.4, -0.2) is 29.2 Å². The van der Waals surface area contributed by atoms with Crippen molar-refractivity contribution >= 4 is 23.1 Å². The Labute approximate surface area is 91.2 Å². The van der Waals surface area contributed by atoms with Crippen LogP contribution in [0.2, 0.25) is 0 Å². The SMILES string of the molecule is O=C1OCC(=NNc2ccccc2)C1=NO. The number of nitrogens with one attached hydrogen (secondary N) is 1. The number of hydrogen-bond donors (Lipinski definition) is 2. The average Bonchev–Trinajstić information content (AvgIpc) is 2.68. The van der Waals surface area contributed by atoms with E-state index in [9.17, 15) is 4.79 Å². The van der Waals surface area contributed by atoms with E-state index in [-0.39, 0.29) is 18.0 Å². The van der Waals surface area contributed by atoms with Crippen molar-refractivity contribution in [3.8, 4) is 0 Å². The summed E-state index contributed by atoms with van der Waals surface area (Å²) in [6.07, 6.45) is 0. The van der Waals surface area contributed by atoms with Crippen molar-refractivity contribution in [3.63, 3.8) is 0 Å². The topological polar surface area (TPSA) is 83.3 Å². The van der Waals surface area contributed by atoms with E-state index in [1.807, 2.05) is 30.3 Å². The van der Waals surface area contributed by atoms with Gasteiger partial charge in [0.05, 0.1) is 5.69 Å². The molecule has 0 aromatic heterocycles. The third-order valence-corrected chi connectivity index (χ3v) is 2.00. The highest BCUT2D eigenvalue weighted by atomic mass is 16.5. The summed E-state index contributed by atoms with van der Waals surface area (Å²) < 4.78 is 4.66. The predicted octanol–water partition coefficient (Wildman–Crippen LogP) is 0.841. The number of anilines is 1. The number of benzene rings is 1. The van der Waals surface area contributed by atoms with Crippen molar-refractivity contribution in [2.24, 2.45) is 10.3 Å². The van der Waals surface area contributed by atoms with Crippen LogP contribution in [0.25, 0.3) is 0 Å². The Hall–Kier alpha value is -2.37. The Bertz CT molecular complexity index is 454. The fraction of sp³-hybridized carbons (Fsp3) is 0.100. The molecule has 1 heterocycles. The lowest BCUT2D eigenvalue weighted by Gasteiger charge is -1.99. The quantitative estimate of drug-likeness (QED) is 0.438. The summed E-state index contributed by atoms with van der Waals surface area (Å²) in [5, 5.41) is 15.3. The molecule has 2 rings (SSSR count). The lowest BCUT2D eigenvalue weighted by molar-refractivity contribution is -0.132. The summed E-state index contributed by atoms with van der Waals surface area (Å²) in [5.41, 5.74) is 3.62. The number of hydrogen-bond acceptors (Lipinski definition) is 6. The van der Waals surface area contributed by atoms with Gasteiger partial charge in [0.15, 0.2) is 0 Å². The van der Waals surface area contributed by atoms with Gasteiger partial charge in [-0.25, -0.2) is 4.79 Å². The van der Waals surface area contributed by atoms with Crippen molar-refractivity contribution in [1.29, 1.82) is 0 Å². The molecule has 0 bridgehead atoms. The Balaban J connectivity index is 2.12. The standard InChI is InChI=1S/C10H9N3O3/c14-10-9(13-15)8(6-16-10)12-11-7-4-2-1-3-5-7/h1-5,11,15H,6H2. The molecule has 0 amide bonds. The van der Waals surface area contributed by atoms with Crippen LogP contribution in [0.1, 0.15) is 0 Å². The molecule has 0 saturated carbocycles. The molecule has 1 saturated heterocycles. The largest absolute Gasteiger partial charge is 0.454 e. The van der Waals surface area contributed by atoms with Crippen molar-refractivity contribution in [2.75, 3.05) is 12.0 Å². The van der Waals surface area contributed by atoms with Crippen molar-refractivity contribution in [1.82, 2.24) is 0 Å². The van der Waals surface area contributed by atoms with Crippen LogP contribution in [0.15, 0.2) is 40.6 Å². The van der Waals surface area contributed by atoms with Gasteiger partial charge in [0.1, 0.15) is 12.3 Å². The minimum Gasteiger partial charge on any atom is -0.454 e. The normalized spacial score (nSPS) is 20.1. The second-order valence-corrected chi connectivity index (χ2v) is 3.06. The molecule has 0 radical (unpaired) electrons. The van der Waals surface area contributed by atoms with Crippen molar-refractivity contribution in [3.05, 3.63) is 30.3 Å². The molecule has 1 aliphatic rings. The molecule has 0 atom stereocenters. The number of hydrazone groups is 1. The molecule has 6 heteroatoms. The monoisotopic (exact) mass is 219 g/mol.